The molecule has 8 heteroatoms. The lowest BCUT2D eigenvalue weighted by atomic mass is 10.1. The van der Waals surface area contributed by atoms with E-state index in [1.807, 2.05) is 0 Å². The molecule has 3 N–H and O–H groups in total. The van der Waals surface area contributed by atoms with Gasteiger partial charge in [-0.15, -0.1) is 0 Å². The Morgan fingerprint density at radius 3 is 2.82 bits per heavy atom. The highest BCUT2D eigenvalue weighted by atomic mass is 16.6. The summed E-state index contributed by atoms with van der Waals surface area (Å²) in [6.45, 7) is 0.695. The second-order valence-corrected chi connectivity index (χ2v) is 5.14. The van der Waals surface area contributed by atoms with Crippen molar-refractivity contribution in [3.8, 4) is 5.75 Å². The molecule has 120 valence electrons. The number of phenolic OH excluding ortho intramolecular Hbond substituents is 1. The number of phenols is 1. The van der Waals surface area contributed by atoms with E-state index in [1.165, 1.54) is 12.1 Å². The molecule has 0 saturated carbocycles. The zero-order valence-electron chi connectivity index (χ0n) is 11.9. The van der Waals surface area contributed by atoms with Crippen LogP contribution < -0.4 is 5.32 Å². The van der Waals surface area contributed by atoms with Gasteiger partial charge in [-0.1, -0.05) is 12.5 Å². The van der Waals surface area contributed by atoms with E-state index in [4.69, 9.17) is 9.84 Å². The Kier molecular flexibility index (Phi) is 5.29. The van der Waals surface area contributed by atoms with Crippen LogP contribution in [-0.4, -0.2) is 33.9 Å². The smallest absolute Gasteiger partial charge is 0.311 e. The fourth-order valence-corrected chi connectivity index (χ4v) is 2.21. The molecule has 0 bridgehead atoms. The number of epoxide rings is 1. The zero-order chi connectivity index (χ0) is 16.1. The number of unbranched alkanes of at least 4 members (excludes halogenated alkanes) is 2. The molecule has 0 aliphatic carbocycles. The van der Waals surface area contributed by atoms with Crippen LogP contribution in [0.3, 0.4) is 0 Å². The highest BCUT2D eigenvalue weighted by molar-refractivity contribution is 5.66. The highest BCUT2D eigenvalue weighted by Crippen LogP contribution is 2.40. The quantitative estimate of drug-likeness (QED) is 0.275. The maximum atomic E-state index is 10.8. The molecule has 22 heavy (non-hydrogen) atoms. The van der Waals surface area contributed by atoms with Gasteiger partial charge in [0.15, 0.2) is 5.75 Å². The second kappa shape index (κ2) is 7.19. The number of carbonyl (C=O) groups is 1. The SMILES string of the molecule is O=C(O)CCCCCN[C@H]1O[C@@H]1c1ccc(O)c([N+](=O)[O-])c1. The third-order valence-corrected chi connectivity index (χ3v) is 3.43. The second-order valence-electron chi connectivity index (χ2n) is 5.14. The van der Waals surface area contributed by atoms with Crippen LogP contribution in [0, 0.1) is 10.1 Å². The van der Waals surface area contributed by atoms with Crippen LogP contribution in [-0.2, 0) is 9.53 Å². The fraction of sp³-hybridized carbons (Fsp3) is 0.500. The molecule has 0 radical (unpaired) electrons. The first-order chi connectivity index (χ1) is 10.5. The molecule has 2 rings (SSSR count). The molecule has 1 fully saturated rings. The Bertz CT molecular complexity index is 562. The van der Waals surface area contributed by atoms with Crippen LogP contribution in [0.15, 0.2) is 18.2 Å². The van der Waals surface area contributed by atoms with Gasteiger partial charge in [-0.05, 0) is 31.0 Å². The molecule has 0 spiro atoms. The number of benzene rings is 1. The lowest BCUT2D eigenvalue weighted by Crippen LogP contribution is -2.19. The molecule has 2 atom stereocenters. The van der Waals surface area contributed by atoms with Crippen LogP contribution in [0.25, 0.3) is 0 Å². The Labute approximate surface area is 126 Å². The third kappa shape index (κ3) is 4.40. The van der Waals surface area contributed by atoms with Gasteiger partial charge in [0, 0.05) is 12.5 Å². The van der Waals surface area contributed by atoms with E-state index in [9.17, 15) is 20.0 Å². The first kappa shape index (κ1) is 16.2. The van der Waals surface area contributed by atoms with Crippen LogP contribution >= 0.6 is 0 Å². The molecule has 0 aromatic heterocycles. The molecule has 1 saturated heterocycles. The molecule has 1 aliphatic rings. The lowest BCUT2D eigenvalue weighted by Gasteiger charge is -2.02. The maximum Gasteiger partial charge on any atom is 0.311 e. The molecule has 1 heterocycles. The number of nitrogens with one attached hydrogen (secondary N) is 1. The average Bonchev–Trinajstić information content (AvgIpc) is 3.22. The monoisotopic (exact) mass is 310 g/mol. The number of carboxylic acids is 1. The van der Waals surface area contributed by atoms with Crippen LogP contribution in [0.1, 0.15) is 37.4 Å². The van der Waals surface area contributed by atoms with Crippen molar-refractivity contribution >= 4 is 11.7 Å². The minimum atomic E-state index is -0.785. The van der Waals surface area contributed by atoms with E-state index in [0.717, 1.165) is 12.8 Å². The molecule has 1 aromatic carbocycles. The van der Waals surface area contributed by atoms with E-state index >= 15 is 0 Å². The standard InChI is InChI=1S/C14H18N2O6/c17-11-6-5-9(8-10(11)16(20)21)13-14(22-13)15-7-3-1-2-4-12(18)19/h5-6,8,13-15,17H,1-4,7H2,(H,18,19)/t13-,14+/m1/s1. The highest BCUT2D eigenvalue weighted by Gasteiger charge is 2.40. The summed E-state index contributed by atoms with van der Waals surface area (Å²) in [4.78, 5) is 20.5. The van der Waals surface area contributed by atoms with Gasteiger partial charge in [-0.2, -0.15) is 0 Å². The minimum Gasteiger partial charge on any atom is -0.502 e. The number of ether oxygens (including phenoxy) is 1. The summed E-state index contributed by atoms with van der Waals surface area (Å²) in [5.74, 6) is -1.15. The fourth-order valence-electron chi connectivity index (χ4n) is 2.21. The number of nitro benzene ring substituents is 1. The van der Waals surface area contributed by atoms with Gasteiger partial charge in [0.05, 0.1) is 4.92 Å². The number of hydrogen-bond donors (Lipinski definition) is 3. The van der Waals surface area contributed by atoms with Gasteiger partial charge >= 0.3 is 11.7 Å². The first-order valence-electron chi connectivity index (χ1n) is 7.07. The predicted octanol–water partition coefficient (Wildman–Crippen LogP) is 1.93. The van der Waals surface area contributed by atoms with Gasteiger partial charge in [0.25, 0.3) is 0 Å². The van der Waals surface area contributed by atoms with E-state index in [0.29, 0.717) is 18.5 Å². The van der Waals surface area contributed by atoms with Crippen molar-refractivity contribution in [2.24, 2.45) is 0 Å². The van der Waals surface area contributed by atoms with Crippen LogP contribution in [0.4, 0.5) is 5.69 Å². The number of rotatable bonds is 9. The van der Waals surface area contributed by atoms with Crippen molar-refractivity contribution in [1.29, 1.82) is 0 Å². The number of aliphatic carboxylic acids is 1. The summed E-state index contributed by atoms with van der Waals surface area (Å²) in [5.41, 5.74) is 0.313. The topological polar surface area (TPSA) is 125 Å². The lowest BCUT2D eigenvalue weighted by molar-refractivity contribution is -0.385. The number of hydrogen-bond acceptors (Lipinski definition) is 6. The van der Waals surface area contributed by atoms with Gasteiger partial charge in [0.1, 0.15) is 12.3 Å². The van der Waals surface area contributed by atoms with Crippen molar-refractivity contribution < 1.29 is 24.7 Å². The summed E-state index contributed by atoms with van der Waals surface area (Å²) >= 11 is 0. The Hall–Kier alpha value is -2.19. The Morgan fingerprint density at radius 2 is 2.14 bits per heavy atom. The third-order valence-electron chi connectivity index (χ3n) is 3.43. The Morgan fingerprint density at radius 1 is 1.36 bits per heavy atom. The predicted molar refractivity (Wildman–Crippen MR) is 76.5 cm³/mol. The number of nitrogens with zero attached hydrogens (tertiary/aromatic N) is 1. The summed E-state index contributed by atoms with van der Waals surface area (Å²) in [6.07, 6.45) is 2.05. The van der Waals surface area contributed by atoms with Crippen molar-refractivity contribution in [2.75, 3.05) is 6.54 Å². The number of nitro groups is 1. The average molecular weight is 310 g/mol. The van der Waals surface area contributed by atoms with Crippen molar-refractivity contribution in [3.63, 3.8) is 0 Å². The van der Waals surface area contributed by atoms with E-state index < -0.39 is 10.9 Å². The summed E-state index contributed by atoms with van der Waals surface area (Å²) in [6, 6.07) is 4.20. The number of aromatic hydroxyl groups is 1. The van der Waals surface area contributed by atoms with Crippen molar-refractivity contribution in [3.05, 3.63) is 33.9 Å². The normalized spacial score (nSPS) is 19.8. The molecule has 0 amide bonds. The van der Waals surface area contributed by atoms with Crippen LogP contribution in [0.5, 0.6) is 5.75 Å². The number of carboxylic acid groups (broad SMARTS) is 1. The van der Waals surface area contributed by atoms with Crippen molar-refractivity contribution in [1.82, 2.24) is 5.32 Å². The largest absolute Gasteiger partial charge is 0.502 e. The summed E-state index contributed by atoms with van der Waals surface area (Å²) in [5, 5.41) is 31.8. The zero-order valence-corrected chi connectivity index (χ0v) is 11.9. The minimum absolute atomic E-state index is 0.180. The Balaban J connectivity index is 1.73. The first-order valence-corrected chi connectivity index (χ1v) is 7.07. The maximum absolute atomic E-state index is 10.8. The van der Waals surface area contributed by atoms with E-state index in [-0.39, 0.29) is 30.2 Å². The summed E-state index contributed by atoms with van der Waals surface area (Å²) < 4.78 is 5.41. The molecule has 1 aliphatic heterocycles. The summed E-state index contributed by atoms with van der Waals surface area (Å²) in [7, 11) is 0. The van der Waals surface area contributed by atoms with E-state index in [1.54, 1.807) is 6.07 Å². The van der Waals surface area contributed by atoms with Crippen molar-refractivity contribution in [2.45, 2.75) is 38.0 Å². The molecule has 8 nitrogen and oxygen atoms in total. The molecular weight excluding hydrogens is 292 g/mol. The molecule has 1 aromatic rings. The van der Waals surface area contributed by atoms with Gasteiger partial charge in [0.2, 0.25) is 0 Å². The van der Waals surface area contributed by atoms with E-state index in [2.05, 4.69) is 5.32 Å². The van der Waals surface area contributed by atoms with Gasteiger partial charge < -0.3 is 14.9 Å². The molecule has 0 unspecified atom stereocenters. The molecular formula is C14H18N2O6. The van der Waals surface area contributed by atoms with Crippen LogP contribution in [0.2, 0.25) is 0 Å². The van der Waals surface area contributed by atoms with Gasteiger partial charge in [-0.25, -0.2) is 0 Å². The van der Waals surface area contributed by atoms with Gasteiger partial charge in [-0.3, -0.25) is 20.2 Å².